The molecule has 0 rings (SSSR count). The van der Waals surface area contributed by atoms with Crippen LogP contribution in [0.15, 0.2) is 134 Å². The van der Waals surface area contributed by atoms with Gasteiger partial charge in [-0.25, -0.2) is 0 Å². The second kappa shape index (κ2) is 62.1. The average Bonchev–Trinajstić information content (AvgIpc) is 3.41. The molecular weight excluding hydrogens is 925 g/mol. The Hall–Kier alpha value is -4.45. The van der Waals surface area contributed by atoms with Crippen LogP contribution in [0.5, 0.6) is 0 Å². The zero-order chi connectivity index (χ0) is 54.3. The number of carbonyl (C=O) groups excluding carboxylic acids is 3. The van der Waals surface area contributed by atoms with Crippen molar-refractivity contribution in [1.82, 2.24) is 0 Å². The van der Waals surface area contributed by atoms with Crippen molar-refractivity contribution in [3.05, 3.63) is 134 Å². The summed E-state index contributed by atoms with van der Waals surface area (Å²) in [6.45, 7) is 6.33. The molecule has 6 heteroatoms. The third kappa shape index (κ3) is 60.3. The first-order chi connectivity index (χ1) is 37.0. The van der Waals surface area contributed by atoms with Gasteiger partial charge >= 0.3 is 17.9 Å². The molecule has 0 aliphatic rings. The topological polar surface area (TPSA) is 78.9 Å². The maximum Gasteiger partial charge on any atom is 0.310 e. The summed E-state index contributed by atoms with van der Waals surface area (Å²) in [6, 6.07) is 0. The Morgan fingerprint density at radius 2 is 0.560 bits per heavy atom. The lowest BCUT2D eigenvalue weighted by Crippen LogP contribution is -2.30. The van der Waals surface area contributed by atoms with Crippen LogP contribution in [0.25, 0.3) is 0 Å². The Kier molecular flexibility index (Phi) is 58.4. The highest BCUT2D eigenvalue weighted by Gasteiger charge is 2.19. The zero-order valence-corrected chi connectivity index (χ0v) is 48.5. The second-order valence-corrected chi connectivity index (χ2v) is 19.9. The molecule has 1 atom stereocenters. The maximum absolute atomic E-state index is 12.8. The van der Waals surface area contributed by atoms with Crippen molar-refractivity contribution in [1.29, 1.82) is 0 Å². The second-order valence-electron chi connectivity index (χ2n) is 19.9. The summed E-state index contributed by atoms with van der Waals surface area (Å²) >= 11 is 0. The quantitative estimate of drug-likeness (QED) is 0.0261. The number of hydrogen-bond acceptors (Lipinski definition) is 6. The van der Waals surface area contributed by atoms with Crippen LogP contribution in [0.4, 0.5) is 0 Å². The Morgan fingerprint density at radius 1 is 0.293 bits per heavy atom. The van der Waals surface area contributed by atoms with Gasteiger partial charge in [0.25, 0.3) is 0 Å². The van der Waals surface area contributed by atoms with Crippen molar-refractivity contribution in [3.63, 3.8) is 0 Å². The van der Waals surface area contributed by atoms with Crippen molar-refractivity contribution in [2.75, 3.05) is 13.2 Å². The van der Waals surface area contributed by atoms with Gasteiger partial charge < -0.3 is 14.2 Å². The van der Waals surface area contributed by atoms with E-state index >= 15 is 0 Å². The van der Waals surface area contributed by atoms with Crippen LogP contribution in [-0.4, -0.2) is 37.2 Å². The third-order valence-electron chi connectivity index (χ3n) is 12.7. The van der Waals surface area contributed by atoms with Gasteiger partial charge in [-0.2, -0.15) is 0 Å². The van der Waals surface area contributed by atoms with E-state index in [1.165, 1.54) is 109 Å². The van der Waals surface area contributed by atoms with E-state index in [1.54, 1.807) is 6.08 Å². The Labute approximate surface area is 462 Å². The number of unbranched alkanes of at least 4 members (excludes halogenated alkanes) is 22. The van der Waals surface area contributed by atoms with E-state index in [-0.39, 0.29) is 31.6 Å². The van der Waals surface area contributed by atoms with Crippen LogP contribution in [0.2, 0.25) is 0 Å². The van der Waals surface area contributed by atoms with Crippen LogP contribution in [0.3, 0.4) is 0 Å². The number of allylic oxidation sites excluding steroid dienone is 21. The van der Waals surface area contributed by atoms with Gasteiger partial charge in [-0.05, 0) is 96.3 Å². The Bertz CT molecular complexity index is 1620. The highest BCUT2D eigenvalue weighted by atomic mass is 16.6. The van der Waals surface area contributed by atoms with E-state index in [9.17, 15) is 14.4 Å². The van der Waals surface area contributed by atoms with Crippen molar-refractivity contribution in [2.45, 2.75) is 271 Å². The summed E-state index contributed by atoms with van der Waals surface area (Å²) in [6.07, 6.45) is 87.6. The SMILES string of the molecule is CC/C=C\C/C=C\C/C=C\C/C=C\C/C=C\C/C=C\CCCCCCCCCCC(=O)OCC(COC(=O)CCCCCCCCCCCCCCCCC)OC(=O)C/C=C\C/C=C\C/C=C\C/C=C\C/C=C\CC. The molecule has 424 valence electrons. The molecular formula is C69H112O6. The van der Waals surface area contributed by atoms with E-state index < -0.39 is 12.1 Å². The van der Waals surface area contributed by atoms with Gasteiger partial charge in [0.1, 0.15) is 13.2 Å². The highest BCUT2D eigenvalue weighted by Crippen LogP contribution is 2.15. The third-order valence-corrected chi connectivity index (χ3v) is 12.7. The molecule has 0 aromatic rings. The van der Waals surface area contributed by atoms with E-state index in [0.29, 0.717) is 19.3 Å². The van der Waals surface area contributed by atoms with Crippen molar-refractivity contribution in [2.24, 2.45) is 0 Å². The van der Waals surface area contributed by atoms with Crippen molar-refractivity contribution < 1.29 is 28.6 Å². The molecule has 0 bridgehead atoms. The van der Waals surface area contributed by atoms with E-state index in [1.807, 2.05) is 6.08 Å². The number of rotatable bonds is 54. The average molecular weight is 1040 g/mol. The van der Waals surface area contributed by atoms with Crippen LogP contribution in [0, 0.1) is 0 Å². The first-order valence-electron chi connectivity index (χ1n) is 30.7. The van der Waals surface area contributed by atoms with Crippen LogP contribution in [0.1, 0.15) is 265 Å². The first kappa shape index (κ1) is 70.5. The van der Waals surface area contributed by atoms with Gasteiger partial charge in [0.15, 0.2) is 6.10 Å². The molecule has 1 unspecified atom stereocenters. The van der Waals surface area contributed by atoms with Crippen molar-refractivity contribution in [3.8, 4) is 0 Å². The lowest BCUT2D eigenvalue weighted by molar-refractivity contribution is -0.166. The molecule has 0 amide bonds. The van der Waals surface area contributed by atoms with E-state index in [0.717, 1.165) is 109 Å². The molecule has 0 spiro atoms. The lowest BCUT2D eigenvalue weighted by atomic mass is 10.0. The molecule has 0 heterocycles. The summed E-state index contributed by atoms with van der Waals surface area (Å²) in [5.41, 5.74) is 0. The molecule has 0 aromatic heterocycles. The fraction of sp³-hybridized carbons (Fsp3) is 0.638. The summed E-state index contributed by atoms with van der Waals surface area (Å²) < 4.78 is 16.8. The van der Waals surface area contributed by atoms with Gasteiger partial charge in [-0.3, -0.25) is 14.4 Å². The molecule has 0 aromatic carbocycles. The minimum absolute atomic E-state index is 0.0918. The number of hydrogen-bond donors (Lipinski definition) is 0. The number of carbonyl (C=O) groups is 3. The normalized spacial score (nSPS) is 13.1. The predicted octanol–water partition coefficient (Wildman–Crippen LogP) is 21.0. The first-order valence-corrected chi connectivity index (χ1v) is 30.7. The van der Waals surface area contributed by atoms with Gasteiger partial charge in [-0.1, -0.05) is 283 Å². The number of esters is 3. The van der Waals surface area contributed by atoms with E-state index in [4.69, 9.17) is 14.2 Å². The standard InChI is InChI=1S/C69H112O6/c1-4-7-10-13-16-19-22-25-28-29-30-31-32-33-34-35-36-37-38-39-42-44-47-50-53-56-59-62-68(71)74-65-66(75-69(72)63-60-57-54-51-48-45-41-27-24-21-18-15-12-9-6-3)64-73-67(70)61-58-55-52-49-46-43-40-26-23-20-17-14-11-8-5-2/h7,9-10,12,16,18-19,21,25,27-28,30-31,33-34,36-37,41,48,51,57,60,66H,4-6,8,11,13-15,17,20,22-24,26,29,32,35,38-40,42-47,49-50,52-56,58-59,61-65H2,1-3H3/b10-7-,12-9-,19-16-,21-18-,28-25-,31-30-,34-33-,37-36-,41-27-,51-48-,60-57-. The molecule has 0 radical (unpaired) electrons. The molecule has 0 N–H and O–H groups in total. The fourth-order valence-electron chi connectivity index (χ4n) is 8.17. The largest absolute Gasteiger partial charge is 0.462 e. The Morgan fingerprint density at radius 3 is 0.880 bits per heavy atom. The molecule has 75 heavy (non-hydrogen) atoms. The summed E-state index contributed by atoms with van der Waals surface area (Å²) in [4.78, 5) is 38.2. The molecule has 0 saturated heterocycles. The summed E-state index contributed by atoms with van der Waals surface area (Å²) in [5, 5.41) is 0. The number of ether oxygens (including phenoxy) is 3. The minimum Gasteiger partial charge on any atom is -0.462 e. The van der Waals surface area contributed by atoms with Crippen LogP contribution in [-0.2, 0) is 28.6 Å². The van der Waals surface area contributed by atoms with Gasteiger partial charge in [0.05, 0.1) is 6.42 Å². The lowest BCUT2D eigenvalue weighted by Gasteiger charge is -2.18. The Balaban J connectivity index is 4.42. The van der Waals surface area contributed by atoms with E-state index in [2.05, 4.69) is 142 Å². The van der Waals surface area contributed by atoms with Gasteiger partial charge in [-0.15, -0.1) is 0 Å². The molecule has 0 aliphatic heterocycles. The minimum atomic E-state index is -0.839. The van der Waals surface area contributed by atoms with Crippen LogP contribution < -0.4 is 0 Å². The highest BCUT2D eigenvalue weighted by molar-refractivity contribution is 5.72. The summed E-state index contributed by atoms with van der Waals surface area (Å²) in [5.74, 6) is -1.06. The zero-order valence-electron chi connectivity index (χ0n) is 48.5. The molecule has 0 saturated carbocycles. The summed E-state index contributed by atoms with van der Waals surface area (Å²) in [7, 11) is 0. The molecule has 0 fully saturated rings. The predicted molar refractivity (Wildman–Crippen MR) is 325 cm³/mol. The van der Waals surface area contributed by atoms with Gasteiger partial charge in [0.2, 0.25) is 0 Å². The monoisotopic (exact) mass is 1040 g/mol. The maximum atomic E-state index is 12.8. The van der Waals surface area contributed by atoms with Crippen LogP contribution >= 0.6 is 0 Å². The van der Waals surface area contributed by atoms with Crippen molar-refractivity contribution >= 4 is 17.9 Å². The smallest absolute Gasteiger partial charge is 0.310 e. The fourth-order valence-corrected chi connectivity index (χ4v) is 8.17. The van der Waals surface area contributed by atoms with Gasteiger partial charge in [0, 0.05) is 12.8 Å². The molecule has 6 nitrogen and oxygen atoms in total. The molecule has 0 aliphatic carbocycles.